The molecular weight excluding hydrogens is 450 g/mol. The number of hydrogen-bond acceptors (Lipinski definition) is 6. The van der Waals surface area contributed by atoms with Gasteiger partial charge in [-0.05, 0) is 35.1 Å². The summed E-state index contributed by atoms with van der Waals surface area (Å²) in [7, 11) is 0. The van der Waals surface area contributed by atoms with Crippen LogP contribution in [0.3, 0.4) is 0 Å². The number of carbonyl (C=O) groups excluding carboxylic acids is 2. The fraction of sp³-hybridized carbons (Fsp3) is 0.308. The molecule has 2 aromatic carbocycles. The molecule has 0 saturated heterocycles. The fourth-order valence-corrected chi connectivity index (χ4v) is 4.29. The second-order valence-electron chi connectivity index (χ2n) is 8.44. The number of aromatic nitrogens is 1. The van der Waals surface area contributed by atoms with Gasteiger partial charge >= 0.3 is 12.1 Å². The molecule has 1 aliphatic carbocycles. The Morgan fingerprint density at radius 3 is 2.37 bits per heavy atom. The van der Waals surface area contributed by atoms with Crippen LogP contribution in [0.25, 0.3) is 11.1 Å². The first-order valence-corrected chi connectivity index (χ1v) is 11.5. The van der Waals surface area contributed by atoms with Crippen molar-refractivity contribution in [1.82, 2.24) is 15.6 Å². The summed E-state index contributed by atoms with van der Waals surface area (Å²) in [5, 5.41) is 14.4. The van der Waals surface area contributed by atoms with Crippen LogP contribution in [0.2, 0.25) is 0 Å². The normalized spacial score (nSPS) is 12.9. The van der Waals surface area contributed by atoms with Gasteiger partial charge in [-0.3, -0.25) is 4.79 Å². The van der Waals surface area contributed by atoms with E-state index in [1.54, 1.807) is 6.92 Å². The maximum atomic E-state index is 12.3. The number of ether oxygens (including phenoxy) is 1. The lowest BCUT2D eigenvalue weighted by Gasteiger charge is -2.15. The van der Waals surface area contributed by atoms with Crippen LogP contribution in [-0.2, 0) is 16.1 Å². The largest absolute Gasteiger partial charge is 0.476 e. The summed E-state index contributed by atoms with van der Waals surface area (Å²) in [6, 6.07) is 16.3. The van der Waals surface area contributed by atoms with Crippen molar-refractivity contribution in [2.24, 2.45) is 5.92 Å². The molecule has 2 amide bonds. The maximum absolute atomic E-state index is 12.3. The number of carboxylic acid groups (broad SMARTS) is 1. The third kappa shape index (κ3) is 5.51. The molecule has 0 bridgehead atoms. The van der Waals surface area contributed by atoms with E-state index in [1.165, 1.54) is 11.1 Å². The number of fused-ring (bicyclic) bond motifs is 3. The minimum absolute atomic E-state index is 0.00266. The first-order valence-electron chi connectivity index (χ1n) is 11.5. The van der Waals surface area contributed by atoms with Gasteiger partial charge in [0.1, 0.15) is 6.61 Å². The van der Waals surface area contributed by atoms with E-state index in [4.69, 9.17) is 14.3 Å². The van der Waals surface area contributed by atoms with E-state index in [2.05, 4.69) is 39.9 Å². The number of nitrogens with one attached hydrogen (secondary N) is 2. The van der Waals surface area contributed by atoms with Crippen LogP contribution < -0.4 is 10.6 Å². The summed E-state index contributed by atoms with van der Waals surface area (Å²) in [4.78, 5) is 39.2. The smallest absolute Gasteiger partial charge is 0.407 e. The highest BCUT2D eigenvalue weighted by atomic mass is 16.5. The van der Waals surface area contributed by atoms with E-state index in [0.717, 1.165) is 17.5 Å². The molecule has 3 aromatic rings. The van der Waals surface area contributed by atoms with Gasteiger partial charge in [-0.25, -0.2) is 14.6 Å². The monoisotopic (exact) mass is 477 g/mol. The van der Waals surface area contributed by atoms with Crippen LogP contribution in [-0.4, -0.2) is 41.2 Å². The Kier molecular flexibility index (Phi) is 7.45. The third-order valence-electron chi connectivity index (χ3n) is 6.14. The van der Waals surface area contributed by atoms with Gasteiger partial charge in [0.2, 0.25) is 5.91 Å². The lowest BCUT2D eigenvalue weighted by Crippen LogP contribution is -2.30. The van der Waals surface area contributed by atoms with Crippen molar-refractivity contribution in [3.8, 4) is 11.1 Å². The number of nitrogens with zero attached hydrogens (tertiary/aromatic N) is 1. The Hall–Kier alpha value is -4.14. The molecule has 0 radical (unpaired) electrons. The molecule has 9 heteroatoms. The van der Waals surface area contributed by atoms with Gasteiger partial charge in [-0.1, -0.05) is 55.5 Å². The molecule has 1 atom stereocenters. The predicted octanol–water partition coefficient (Wildman–Crippen LogP) is 3.94. The van der Waals surface area contributed by atoms with E-state index >= 15 is 0 Å². The number of amides is 2. The number of oxazole rings is 1. The number of aromatic carboxylic acids is 1. The Labute approximate surface area is 202 Å². The van der Waals surface area contributed by atoms with Crippen LogP contribution in [0, 0.1) is 5.92 Å². The van der Waals surface area contributed by atoms with Gasteiger partial charge in [0, 0.05) is 18.4 Å². The second kappa shape index (κ2) is 10.9. The Balaban J connectivity index is 1.17. The molecule has 1 heterocycles. The number of carboxylic acids is 1. The molecule has 1 aromatic heterocycles. The number of alkyl carbamates (subject to hydrolysis) is 1. The van der Waals surface area contributed by atoms with Gasteiger partial charge in [0.15, 0.2) is 17.8 Å². The van der Waals surface area contributed by atoms with Crippen LogP contribution in [0.5, 0.6) is 0 Å². The molecular formula is C26H27N3O6. The molecule has 0 aliphatic heterocycles. The topological polar surface area (TPSA) is 131 Å². The van der Waals surface area contributed by atoms with E-state index in [0.29, 0.717) is 19.4 Å². The number of benzene rings is 2. The van der Waals surface area contributed by atoms with E-state index in [-0.39, 0.29) is 42.3 Å². The summed E-state index contributed by atoms with van der Waals surface area (Å²) < 4.78 is 10.5. The third-order valence-corrected chi connectivity index (χ3v) is 6.14. The van der Waals surface area contributed by atoms with Gasteiger partial charge in [-0.15, -0.1) is 0 Å². The van der Waals surface area contributed by atoms with Crippen molar-refractivity contribution in [3.05, 3.63) is 77.5 Å². The molecule has 35 heavy (non-hydrogen) atoms. The predicted molar refractivity (Wildman–Crippen MR) is 127 cm³/mol. The standard InChI is InChI=1S/C26H27N3O6/c1-16(24(30)28-13-22-23(25(31)32)29-15-35-22)7-6-12-27-26(33)34-14-21-19-10-4-2-8-17(19)18-9-3-5-11-20(18)21/h2-5,8-11,15-16,21H,6-7,12-14H2,1H3,(H,27,33)(H,28,30)(H,31,32). The summed E-state index contributed by atoms with van der Waals surface area (Å²) in [5.74, 6) is -1.68. The van der Waals surface area contributed by atoms with Crippen molar-refractivity contribution >= 4 is 18.0 Å². The zero-order valence-electron chi connectivity index (χ0n) is 19.3. The van der Waals surface area contributed by atoms with Gasteiger partial charge < -0.3 is 24.9 Å². The lowest BCUT2D eigenvalue weighted by atomic mass is 9.98. The van der Waals surface area contributed by atoms with E-state index in [9.17, 15) is 14.4 Å². The van der Waals surface area contributed by atoms with Gasteiger partial charge in [0.05, 0.1) is 6.54 Å². The average Bonchev–Trinajstić information content (AvgIpc) is 3.46. The summed E-state index contributed by atoms with van der Waals surface area (Å²) in [5.41, 5.74) is 4.44. The highest BCUT2D eigenvalue weighted by Crippen LogP contribution is 2.44. The zero-order valence-corrected chi connectivity index (χ0v) is 19.3. The molecule has 0 fully saturated rings. The molecule has 1 aliphatic rings. The van der Waals surface area contributed by atoms with Gasteiger partial charge in [0.25, 0.3) is 0 Å². The van der Waals surface area contributed by atoms with Crippen LogP contribution in [0.1, 0.15) is 53.1 Å². The minimum atomic E-state index is -1.21. The van der Waals surface area contributed by atoms with Crippen molar-refractivity contribution in [1.29, 1.82) is 0 Å². The number of carbonyl (C=O) groups is 3. The van der Waals surface area contributed by atoms with Crippen molar-refractivity contribution < 1.29 is 28.6 Å². The summed E-state index contributed by atoms with van der Waals surface area (Å²) >= 11 is 0. The molecule has 9 nitrogen and oxygen atoms in total. The molecule has 4 rings (SSSR count). The summed E-state index contributed by atoms with van der Waals surface area (Å²) in [6.07, 6.45) is 1.66. The zero-order chi connectivity index (χ0) is 24.8. The lowest BCUT2D eigenvalue weighted by molar-refractivity contribution is -0.124. The summed E-state index contributed by atoms with van der Waals surface area (Å²) in [6.45, 7) is 2.34. The van der Waals surface area contributed by atoms with Gasteiger partial charge in [-0.2, -0.15) is 0 Å². The van der Waals surface area contributed by atoms with Crippen LogP contribution in [0.4, 0.5) is 4.79 Å². The van der Waals surface area contributed by atoms with Crippen LogP contribution in [0.15, 0.2) is 59.3 Å². The Morgan fingerprint density at radius 1 is 1.06 bits per heavy atom. The highest BCUT2D eigenvalue weighted by molar-refractivity contribution is 5.86. The van der Waals surface area contributed by atoms with Crippen LogP contribution >= 0.6 is 0 Å². The number of rotatable bonds is 10. The molecule has 0 saturated carbocycles. The first-order chi connectivity index (χ1) is 17.0. The Morgan fingerprint density at radius 2 is 1.71 bits per heavy atom. The quantitative estimate of drug-likeness (QED) is 0.377. The maximum Gasteiger partial charge on any atom is 0.407 e. The van der Waals surface area contributed by atoms with Crippen molar-refractivity contribution in [3.63, 3.8) is 0 Å². The molecule has 0 spiro atoms. The molecule has 3 N–H and O–H groups in total. The second-order valence-corrected chi connectivity index (χ2v) is 8.44. The molecule has 182 valence electrons. The minimum Gasteiger partial charge on any atom is -0.476 e. The fourth-order valence-electron chi connectivity index (χ4n) is 4.29. The average molecular weight is 478 g/mol. The molecule has 1 unspecified atom stereocenters. The first kappa shape index (κ1) is 24.0. The van der Waals surface area contributed by atoms with E-state index < -0.39 is 12.1 Å². The van der Waals surface area contributed by atoms with E-state index in [1.807, 2.05) is 24.3 Å². The van der Waals surface area contributed by atoms with Crippen molar-refractivity contribution in [2.75, 3.05) is 13.2 Å². The number of hydrogen-bond donors (Lipinski definition) is 3. The highest BCUT2D eigenvalue weighted by Gasteiger charge is 2.29. The Bertz CT molecular complexity index is 1180. The van der Waals surface area contributed by atoms with Crippen molar-refractivity contribution in [2.45, 2.75) is 32.2 Å². The SMILES string of the molecule is CC(CCCNC(=O)OCC1c2ccccc2-c2ccccc21)C(=O)NCc1ocnc1C(=O)O.